The summed E-state index contributed by atoms with van der Waals surface area (Å²) in [6.45, 7) is 0.295. The molecule has 1 aromatic carbocycles. The Balaban J connectivity index is 1.61. The predicted octanol–water partition coefficient (Wildman–Crippen LogP) is 3.18. The van der Waals surface area contributed by atoms with Crippen LogP contribution in [0.25, 0.3) is 0 Å². The second kappa shape index (κ2) is 5.70. The lowest BCUT2D eigenvalue weighted by molar-refractivity contribution is 0.0689. The molecule has 1 unspecified atom stereocenters. The third kappa shape index (κ3) is 2.64. The Morgan fingerprint density at radius 1 is 1.33 bits per heavy atom. The molecule has 1 aromatic heterocycles. The van der Waals surface area contributed by atoms with Crippen LogP contribution in [0.2, 0.25) is 0 Å². The van der Waals surface area contributed by atoms with Gasteiger partial charge in [0.15, 0.2) is 17.6 Å². The summed E-state index contributed by atoms with van der Waals surface area (Å²) in [6, 6.07) is 6.93. The minimum atomic E-state index is -1.04. The minimum Gasteiger partial charge on any atom is -0.493 e. The van der Waals surface area contributed by atoms with Gasteiger partial charge in [-0.2, -0.15) is 0 Å². The van der Waals surface area contributed by atoms with Crippen LogP contribution >= 0.6 is 0 Å². The highest BCUT2D eigenvalue weighted by atomic mass is 16.6. The van der Waals surface area contributed by atoms with E-state index in [9.17, 15) is 4.79 Å². The van der Waals surface area contributed by atoms with Gasteiger partial charge >= 0.3 is 5.97 Å². The SMILES string of the molecule is COc1cc(C(=O)O)cc2c1OC(c1ccc(C3CC3)nc1)CO2. The van der Waals surface area contributed by atoms with Crippen LogP contribution in [-0.4, -0.2) is 29.8 Å². The number of aromatic nitrogens is 1. The highest BCUT2D eigenvalue weighted by Crippen LogP contribution is 2.44. The van der Waals surface area contributed by atoms with E-state index in [2.05, 4.69) is 4.98 Å². The zero-order chi connectivity index (χ0) is 16.7. The van der Waals surface area contributed by atoms with Crippen LogP contribution in [0, 0.1) is 0 Å². The zero-order valence-corrected chi connectivity index (χ0v) is 13.2. The molecule has 6 nitrogen and oxygen atoms in total. The first-order chi connectivity index (χ1) is 11.7. The number of carboxylic acid groups (broad SMARTS) is 1. The molecular weight excluding hydrogens is 310 g/mol. The number of ether oxygens (including phenoxy) is 3. The van der Waals surface area contributed by atoms with Crippen molar-refractivity contribution in [3.05, 3.63) is 47.3 Å². The van der Waals surface area contributed by atoms with Crippen LogP contribution in [0.1, 0.15) is 46.5 Å². The number of aromatic carboxylic acids is 1. The molecule has 6 heteroatoms. The molecule has 0 saturated heterocycles. The minimum absolute atomic E-state index is 0.100. The average molecular weight is 327 g/mol. The van der Waals surface area contributed by atoms with Gasteiger partial charge in [-0.05, 0) is 31.0 Å². The fraction of sp³-hybridized carbons (Fsp3) is 0.333. The van der Waals surface area contributed by atoms with Crippen LogP contribution in [0.4, 0.5) is 0 Å². The Morgan fingerprint density at radius 3 is 2.79 bits per heavy atom. The zero-order valence-electron chi connectivity index (χ0n) is 13.2. The highest BCUT2D eigenvalue weighted by Gasteiger charge is 2.29. The van der Waals surface area contributed by atoms with E-state index in [0.29, 0.717) is 29.8 Å². The Morgan fingerprint density at radius 2 is 2.17 bits per heavy atom. The number of nitrogens with zero attached hydrogens (tertiary/aromatic N) is 1. The molecule has 0 radical (unpaired) electrons. The van der Waals surface area contributed by atoms with E-state index < -0.39 is 5.97 Å². The van der Waals surface area contributed by atoms with Gasteiger partial charge in [0.05, 0.1) is 12.7 Å². The quantitative estimate of drug-likeness (QED) is 0.929. The lowest BCUT2D eigenvalue weighted by Crippen LogP contribution is -2.22. The molecule has 2 aliphatic rings. The van der Waals surface area contributed by atoms with E-state index in [0.717, 1.165) is 11.3 Å². The van der Waals surface area contributed by atoms with Gasteiger partial charge in [0.2, 0.25) is 5.75 Å². The van der Waals surface area contributed by atoms with Gasteiger partial charge in [-0.15, -0.1) is 0 Å². The number of fused-ring (bicyclic) bond motifs is 1. The van der Waals surface area contributed by atoms with Crippen molar-refractivity contribution in [3.8, 4) is 17.2 Å². The van der Waals surface area contributed by atoms with Crippen molar-refractivity contribution in [2.45, 2.75) is 24.9 Å². The molecule has 0 spiro atoms. The van der Waals surface area contributed by atoms with Crippen molar-refractivity contribution in [1.29, 1.82) is 0 Å². The maximum absolute atomic E-state index is 11.2. The van der Waals surface area contributed by atoms with Crippen molar-refractivity contribution >= 4 is 5.97 Å². The first-order valence-corrected chi connectivity index (χ1v) is 7.86. The van der Waals surface area contributed by atoms with Crippen molar-refractivity contribution in [1.82, 2.24) is 4.98 Å². The molecule has 1 aliphatic heterocycles. The standard InChI is InChI=1S/C18H17NO5/c1-22-14-6-12(18(20)21)7-15-17(14)24-16(9-23-15)11-4-5-13(19-8-11)10-2-3-10/h4-8,10,16H,2-3,9H2,1H3,(H,20,21). The fourth-order valence-electron chi connectivity index (χ4n) is 2.81. The number of pyridine rings is 1. The molecule has 24 heavy (non-hydrogen) atoms. The van der Waals surface area contributed by atoms with Gasteiger partial charge < -0.3 is 19.3 Å². The van der Waals surface area contributed by atoms with Crippen molar-refractivity contribution < 1.29 is 24.1 Å². The van der Waals surface area contributed by atoms with Crippen molar-refractivity contribution in [2.24, 2.45) is 0 Å². The molecule has 1 aliphatic carbocycles. The van der Waals surface area contributed by atoms with E-state index in [1.54, 1.807) is 0 Å². The Bertz CT molecular complexity index is 765. The van der Waals surface area contributed by atoms with Crippen LogP contribution in [0.3, 0.4) is 0 Å². The number of hydrogen-bond donors (Lipinski definition) is 1. The van der Waals surface area contributed by atoms with Crippen LogP contribution in [0.15, 0.2) is 30.5 Å². The van der Waals surface area contributed by atoms with Gasteiger partial charge in [-0.25, -0.2) is 4.79 Å². The number of benzene rings is 1. The van der Waals surface area contributed by atoms with E-state index in [4.69, 9.17) is 19.3 Å². The highest BCUT2D eigenvalue weighted by molar-refractivity contribution is 5.89. The summed E-state index contributed by atoms with van der Waals surface area (Å²) in [5.74, 6) is 0.715. The molecule has 4 rings (SSSR count). The summed E-state index contributed by atoms with van der Waals surface area (Å²) in [6.07, 6.45) is 3.95. The Labute approximate surface area is 139 Å². The second-order valence-corrected chi connectivity index (χ2v) is 6.02. The van der Waals surface area contributed by atoms with Crippen LogP contribution in [-0.2, 0) is 0 Å². The van der Waals surface area contributed by atoms with E-state index in [-0.39, 0.29) is 11.7 Å². The average Bonchev–Trinajstić information content (AvgIpc) is 3.45. The largest absolute Gasteiger partial charge is 0.493 e. The molecule has 1 saturated carbocycles. The van der Waals surface area contributed by atoms with Gasteiger partial charge in [0.1, 0.15) is 6.61 Å². The summed E-state index contributed by atoms with van der Waals surface area (Å²) in [5.41, 5.74) is 2.15. The van der Waals surface area contributed by atoms with E-state index >= 15 is 0 Å². The van der Waals surface area contributed by atoms with Gasteiger partial charge in [0.25, 0.3) is 0 Å². The molecule has 1 fully saturated rings. The molecule has 0 bridgehead atoms. The molecule has 2 heterocycles. The van der Waals surface area contributed by atoms with Gasteiger partial charge in [-0.1, -0.05) is 6.07 Å². The fourth-order valence-corrected chi connectivity index (χ4v) is 2.81. The molecular formula is C18H17NO5. The lowest BCUT2D eigenvalue weighted by Gasteiger charge is -2.28. The van der Waals surface area contributed by atoms with Gasteiger partial charge in [0, 0.05) is 23.4 Å². The van der Waals surface area contributed by atoms with Crippen molar-refractivity contribution in [2.75, 3.05) is 13.7 Å². The number of methoxy groups -OCH3 is 1. The summed E-state index contributed by atoms with van der Waals surface area (Å²) < 4.78 is 17.0. The molecule has 1 N–H and O–H groups in total. The lowest BCUT2D eigenvalue weighted by atomic mass is 10.1. The number of rotatable bonds is 4. The Kier molecular flexibility index (Phi) is 3.52. The molecule has 2 aromatic rings. The maximum atomic E-state index is 11.2. The topological polar surface area (TPSA) is 77.9 Å². The number of hydrogen-bond acceptors (Lipinski definition) is 5. The number of carbonyl (C=O) groups is 1. The van der Waals surface area contributed by atoms with Gasteiger partial charge in [-0.3, -0.25) is 4.98 Å². The van der Waals surface area contributed by atoms with E-state index in [1.165, 1.54) is 32.1 Å². The summed E-state index contributed by atoms with van der Waals surface area (Å²) in [5, 5.41) is 9.15. The first-order valence-electron chi connectivity index (χ1n) is 7.86. The maximum Gasteiger partial charge on any atom is 0.335 e. The molecule has 124 valence electrons. The Hall–Kier alpha value is -2.76. The normalized spacial score (nSPS) is 19.0. The predicted molar refractivity (Wildman–Crippen MR) is 85.0 cm³/mol. The third-order valence-corrected chi connectivity index (χ3v) is 4.31. The summed E-state index contributed by atoms with van der Waals surface area (Å²) >= 11 is 0. The third-order valence-electron chi connectivity index (χ3n) is 4.31. The second-order valence-electron chi connectivity index (χ2n) is 6.02. The van der Waals surface area contributed by atoms with Crippen molar-refractivity contribution in [3.63, 3.8) is 0 Å². The first kappa shape index (κ1) is 14.8. The monoisotopic (exact) mass is 327 g/mol. The smallest absolute Gasteiger partial charge is 0.335 e. The van der Waals surface area contributed by atoms with E-state index in [1.807, 2.05) is 18.3 Å². The number of carboxylic acids is 1. The summed E-state index contributed by atoms with van der Waals surface area (Å²) in [4.78, 5) is 15.7. The molecule has 0 amide bonds. The summed E-state index contributed by atoms with van der Waals surface area (Å²) in [7, 11) is 1.47. The molecule has 1 atom stereocenters. The van der Waals surface area contributed by atoms with Crippen LogP contribution in [0.5, 0.6) is 17.2 Å². The van der Waals surface area contributed by atoms with Crippen LogP contribution < -0.4 is 14.2 Å².